The molecule has 1 aromatic carbocycles. The third kappa shape index (κ3) is 3.41. The molecule has 6 nitrogen and oxygen atoms in total. The van der Waals surface area contributed by atoms with Crippen LogP contribution in [-0.4, -0.2) is 81.1 Å². The first-order chi connectivity index (χ1) is 11.0. The van der Waals surface area contributed by atoms with E-state index >= 15 is 0 Å². The molecule has 1 aromatic rings. The van der Waals surface area contributed by atoms with Crippen LogP contribution in [0.5, 0.6) is 0 Å². The number of piperazine rings is 1. The lowest BCUT2D eigenvalue weighted by molar-refractivity contribution is 0.0247. The lowest BCUT2D eigenvalue weighted by Crippen LogP contribution is -2.61. The number of carbonyl (C=O) groups excluding carboxylic acids is 1. The molecule has 0 aliphatic carbocycles. The summed E-state index contributed by atoms with van der Waals surface area (Å²) in [6.07, 6.45) is 0. The summed E-state index contributed by atoms with van der Waals surface area (Å²) in [4.78, 5) is 16.7. The Morgan fingerprint density at radius 3 is 2.57 bits per heavy atom. The van der Waals surface area contributed by atoms with Gasteiger partial charge in [-0.1, -0.05) is 18.2 Å². The van der Waals surface area contributed by atoms with Gasteiger partial charge in [-0.05, 0) is 12.1 Å². The van der Waals surface area contributed by atoms with Crippen LogP contribution in [0.1, 0.15) is 10.4 Å². The number of amides is 1. The molecule has 0 radical (unpaired) electrons. The van der Waals surface area contributed by atoms with Crippen molar-refractivity contribution in [3.8, 4) is 0 Å². The average molecular weight is 338 g/mol. The molecule has 0 N–H and O–H groups in total. The Bertz CT molecular complexity index is 662. The Hall–Kier alpha value is -1.44. The smallest absolute Gasteiger partial charge is 0.254 e. The molecule has 0 spiro atoms. The highest BCUT2D eigenvalue weighted by Crippen LogP contribution is 2.28. The van der Waals surface area contributed by atoms with Gasteiger partial charge in [0.1, 0.15) is 0 Å². The van der Waals surface area contributed by atoms with Gasteiger partial charge in [0.05, 0.1) is 24.2 Å². The zero-order valence-corrected chi connectivity index (χ0v) is 14.0. The second-order valence-corrected chi connectivity index (χ2v) is 8.26. The van der Waals surface area contributed by atoms with E-state index in [1.807, 2.05) is 18.2 Å². The van der Waals surface area contributed by atoms with Crippen LogP contribution in [0.4, 0.5) is 0 Å². The first-order valence-corrected chi connectivity index (χ1v) is 9.63. The van der Waals surface area contributed by atoms with E-state index in [1.54, 1.807) is 24.1 Å². The zero-order chi connectivity index (χ0) is 16.4. The van der Waals surface area contributed by atoms with Crippen molar-refractivity contribution in [1.82, 2.24) is 9.80 Å². The number of methoxy groups -OCH3 is 1. The van der Waals surface area contributed by atoms with Crippen LogP contribution in [-0.2, 0) is 14.6 Å². The number of sulfone groups is 1. The van der Waals surface area contributed by atoms with E-state index in [-0.39, 0.29) is 29.5 Å². The van der Waals surface area contributed by atoms with Gasteiger partial charge in [-0.2, -0.15) is 0 Å². The highest BCUT2D eigenvalue weighted by molar-refractivity contribution is 7.91. The van der Waals surface area contributed by atoms with Crippen molar-refractivity contribution in [3.63, 3.8) is 0 Å². The summed E-state index contributed by atoms with van der Waals surface area (Å²) in [5.41, 5.74) is 0.612. The van der Waals surface area contributed by atoms with Crippen LogP contribution in [0.2, 0.25) is 0 Å². The molecule has 2 aliphatic rings. The van der Waals surface area contributed by atoms with Crippen molar-refractivity contribution in [2.75, 3.05) is 44.9 Å². The number of nitrogens with zero attached hydrogens (tertiary/aromatic N) is 2. The number of hydrogen-bond acceptors (Lipinski definition) is 5. The van der Waals surface area contributed by atoms with E-state index in [4.69, 9.17) is 4.74 Å². The first kappa shape index (κ1) is 16.4. The summed E-state index contributed by atoms with van der Waals surface area (Å²) in [6.45, 7) is 2.49. The molecule has 2 atom stereocenters. The van der Waals surface area contributed by atoms with Crippen LogP contribution >= 0.6 is 0 Å². The van der Waals surface area contributed by atoms with Gasteiger partial charge in [0.15, 0.2) is 9.84 Å². The fraction of sp³-hybridized carbons (Fsp3) is 0.562. The number of benzene rings is 1. The van der Waals surface area contributed by atoms with Crippen molar-refractivity contribution in [2.24, 2.45) is 0 Å². The molecular formula is C16H22N2O4S. The summed E-state index contributed by atoms with van der Waals surface area (Å²) < 4.78 is 29.4. The second-order valence-electron chi connectivity index (χ2n) is 6.10. The molecule has 3 rings (SSSR count). The summed E-state index contributed by atoms with van der Waals surface area (Å²) >= 11 is 0. The summed E-state index contributed by atoms with van der Waals surface area (Å²) in [7, 11) is -1.47. The van der Waals surface area contributed by atoms with Gasteiger partial charge >= 0.3 is 0 Å². The molecule has 126 valence electrons. The van der Waals surface area contributed by atoms with Crippen molar-refractivity contribution in [2.45, 2.75) is 12.1 Å². The van der Waals surface area contributed by atoms with Crippen molar-refractivity contribution < 1.29 is 17.9 Å². The molecule has 1 amide bonds. The largest absolute Gasteiger partial charge is 0.383 e. The van der Waals surface area contributed by atoms with Gasteiger partial charge in [-0.15, -0.1) is 0 Å². The van der Waals surface area contributed by atoms with Gasteiger partial charge in [0.2, 0.25) is 0 Å². The van der Waals surface area contributed by atoms with E-state index in [1.165, 1.54) is 0 Å². The molecule has 2 heterocycles. The Morgan fingerprint density at radius 2 is 1.87 bits per heavy atom. The van der Waals surface area contributed by atoms with Crippen LogP contribution < -0.4 is 0 Å². The van der Waals surface area contributed by atoms with E-state index in [0.717, 1.165) is 0 Å². The maximum atomic E-state index is 12.8. The van der Waals surface area contributed by atoms with Gasteiger partial charge in [-0.3, -0.25) is 9.69 Å². The van der Waals surface area contributed by atoms with E-state index in [2.05, 4.69) is 4.90 Å². The van der Waals surface area contributed by atoms with E-state index < -0.39 is 9.84 Å². The molecule has 2 aliphatic heterocycles. The fourth-order valence-corrected chi connectivity index (χ4v) is 5.52. The molecular weight excluding hydrogens is 316 g/mol. The van der Waals surface area contributed by atoms with Crippen LogP contribution in [0.25, 0.3) is 0 Å². The Balaban J connectivity index is 1.82. The third-order valence-electron chi connectivity index (χ3n) is 4.66. The zero-order valence-electron chi connectivity index (χ0n) is 13.2. The quantitative estimate of drug-likeness (QED) is 0.788. The van der Waals surface area contributed by atoms with Gasteiger partial charge < -0.3 is 9.64 Å². The maximum absolute atomic E-state index is 12.8. The highest BCUT2D eigenvalue weighted by atomic mass is 32.2. The molecule has 2 fully saturated rings. The predicted molar refractivity (Wildman–Crippen MR) is 87.2 cm³/mol. The topological polar surface area (TPSA) is 66.9 Å². The molecule has 7 heteroatoms. The maximum Gasteiger partial charge on any atom is 0.254 e. The molecule has 0 saturated carbocycles. The molecule has 0 aromatic heterocycles. The molecule has 23 heavy (non-hydrogen) atoms. The predicted octanol–water partition coefficient (Wildman–Crippen LogP) is 0.256. The lowest BCUT2D eigenvalue weighted by atomic mass is 10.0. The van der Waals surface area contributed by atoms with Crippen LogP contribution in [0.15, 0.2) is 30.3 Å². The summed E-state index contributed by atoms with van der Waals surface area (Å²) in [6, 6.07) is 8.67. The van der Waals surface area contributed by atoms with Crippen molar-refractivity contribution in [1.29, 1.82) is 0 Å². The minimum absolute atomic E-state index is 0.0553. The average Bonchev–Trinajstić information content (AvgIpc) is 2.88. The minimum Gasteiger partial charge on any atom is -0.383 e. The molecule has 0 bridgehead atoms. The normalized spacial score (nSPS) is 26.9. The SMILES string of the molecule is COCCN1CCN(C(=O)c2ccccc2)[C@H]2CS(=O)(=O)C[C@H]21. The number of hydrogen-bond donors (Lipinski definition) is 0. The third-order valence-corrected chi connectivity index (χ3v) is 6.35. The fourth-order valence-electron chi connectivity index (χ4n) is 3.51. The number of fused-ring (bicyclic) bond motifs is 1. The monoisotopic (exact) mass is 338 g/mol. The Kier molecular flexibility index (Phi) is 4.70. The lowest BCUT2D eigenvalue weighted by Gasteiger charge is -2.43. The van der Waals surface area contributed by atoms with E-state index in [9.17, 15) is 13.2 Å². The molecule has 0 unspecified atom stereocenters. The first-order valence-electron chi connectivity index (χ1n) is 7.81. The van der Waals surface area contributed by atoms with Gasteiger partial charge in [0, 0.05) is 38.3 Å². The summed E-state index contributed by atoms with van der Waals surface area (Å²) in [5, 5.41) is 0. The van der Waals surface area contributed by atoms with Crippen LogP contribution in [0.3, 0.4) is 0 Å². The summed E-state index contributed by atoms with van der Waals surface area (Å²) in [5.74, 6) is 0.101. The molecule has 2 saturated heterocycles. The van der Waals surface area contributed by atoms with E-state index in [0.29, 0.717) is 31.8 Å². The number of rotatable bonds is 4. The number of ether oxygens (including phenoxy) is 1. The van der Waals surface area contributed by atoms with Crippen molar-refractivity contribution >= 4 is 15.7 Å². The Labute approximate surface area is 136 Å². The standard InChI is InChI=1S/C16H22N2O4S/c1-22-10-9-17-7-8-18(15-12-23(20,21)11-14(15)17)16(19)13-5-3-2-4-6-13/h2-6,14-15H,7-12H2,1H3/t14-,15+/m1/s1. The van der Waals surface area contributed by atoms with Crippen molar-refractivity contribution in [3.05, 3.63) is 35.9 Å². The second kappa shape index (κ2) is 6.59. The van der Waals surface area contributed by atoms with Gasteiger partial charge in [0.25, 0.3) is 5.91 Å². The highest BCUT2D eigenvalue weighted by Gasteiger charge is 2.47. The number of carbonyl (C=O) groups is 1. The van der Waals surface area contributed by atoms with Gasteiger partial charge in [-0.25, -0.2) is 8.42 Å². The minimum atomic E-state index is -3.11. The van der Waals surface area contributed by atoms with Crippen LogP contribution in [0, 0.1) is 0 Å². The Morgan fingerprint density at radius 1 is 1.17 bits per heavy atom.